The summed E-state index contributed by atoms with van der Waals surface area (Å²) in [5, 5.41) is 0.862. The van der Waals surface area contributed by atoms with E-state index in [1.165, 1.54) is 5.57 Å². The van der Waals surface area contributed by atoms with Gasteiger partial charge in [-0.3, -0.25) is 0 Å². The maximum absolute atomic E-state index is 5.72. The minimum absolute atomic E-state index is 0.107. The summed E-state index contributed by atoms with van der Waals surface area (Å²) in [6.45, 7) is 8.86. The zero-order valence-electron chi connectivity index (χ0n) is 10.3. The molecule has 15 heavy (non-hydrogen) atoms. The Morgan fingerprint density at radius 2 is 2.07 bits per heavy atom. The number of alkyl halides is 1. The second kappa shape index (κ2) is 9.37. The molecule has 0 radical (unpaired) electrons. The molecule has 2 unspecified atom stereocenters. The topological polar surface area (TPSA) is 18.5 Å². The van der Waals surface area contributed by atoms with Gasteiger partial charge in [-0.2, -0.15) is 0 Å². The third-order valence-electron chi connectivity index (χ3n) is 2.00. The summed E-state index contributed by atoms with van der Waals surface area (Å²) in [6, 6.07) is 0. The smallest absolute Gasteiger partial charge is 0.155 e. The van der Waals surface area contributed by atoms with Crippen molar-refractivity contribution in [3.05, 3.63) is 11.6 Å². The number of rotatable bonds is 8. The van der Waals surface area contributed by atoms with Crippen LogP contribution in [-0.4, -0.2) is 24.3 Å². The summed E-state index contributed by atoms with van der Waals surface area (Å²) in [7, 11) is 0. The van der Waals surface area contributed by atoms with Crippen LogP contribution >= 0.6 is 15.9 Å². The number of hydrogen-bond donors (Lipinski definition) is 0. The van der Waals surface area contributed by atoms with Gasteiger partial charge in [0.1, 0.15) is 0 Å². The van der Waals surface area contributed by atoms with Gasteiger partial charge >= 0.3 is 0 Å². The van der Waals surface area contributed by atoms with Gasteiger partial charge in [0.2, 0.25) is 0 Å². The van der Waals surface area contributed by atoms with Gasteiger partial charge in [0.05, 0.1) is 6.10 Å². The lowest BCUT2D eigenvalue weighted by molar-refractivity contribution is -0.152. The molecule has 3 heteroatoms. The zero-order chi connectivity index (χ0) is 11.7. The molecule has 0 amide bonds. The Balaban J connectivity index is 3.77. The third kappa shape index (κ3) is 9.09. The van der Waals surface area contributed by atoms with Crippen molar-refractivity contribution >= 4 is 15.9 Å². The first-order valence-corrected chi connectivity index (χ1v) is 6.68. The van der Waals surface area contributed by atoms with Crippen molar-refractivity contribution in [2.24, 2.45) is 0 Å². The van der Waals surface area contributed by atoms with Gasteiger partial charge in [0.15, 0.2) is 6.29 Å². The third-order valence-corrected chi connectivity index (χ3v) is 2.72. The molecule has 0 rings (SSSR count). The molecule has 0 aromatic rings. The minimum atomic E-state index is -0.107. The van der Waals surface area contributed by atoms with Crippen LogP contribution in [0, 0.1) is 0 Å². The molecule has 0 heterocycles. The van der Waals surface area contributed by atoms with Crippen molar-refractivity contribution < 1.29 is 9.47 Å². The van der Waals surface area contributed by atoms with E-state index in [-0.39, 0.29) is 12.4 Å². The van der Waals surface area contributed by atoms with Crippen LogP contribution < -0.4 is 0 Å². The molecule has 0 bridgehead atoms. The van der Waals surface area contributed by atoms with Crippen molar-refractivity contribution in [1.29, 1.82) is 0 Å². The predicted octanol–water partition coefficient (Wildman–Crippen LogP) is 3.90. The maximum atomic E-state index is 5.72. The van der Waals surface area contributed by atoms with Crippen LogP contribution in [0.25, 0.3) is 0 Å². The van der Waals surface area contributed by atoms with E-state index in [4.69, 9.17) is 9.47 Å². The molecule has 0 aromatic heterocycles. The molecule has 0 aliphatic heterocycles. The molecule has 2 atom stereocenters. The van der Waals surface area contributed by atoms with Crippen LogP contribution in [0.2, 0.25) is 0 Å². The molecular formula is C12H23BrO2. The van der Waals surface area contributed by atoms with Crippen LogP contribution in [-0.2, 0) is 9.47 Å². The quantitative estimate of drug-likeness (QED) is 0.381. The fourth-order valence-electron chi connectivity index (χ4n) is 1.28. The molecule has 0 spiro atoms. The largest absolute Gasteiger partial charge is 0.353 e. The average molecular weight is 279 g/mol. The number of halogens is 1. The molecule has 0 N–H and O–H groups in total. The Labute approximate surface area is 102 Å². The highest BCUT2D eigenvalue weighted by Gasteiger charge is 2.11. The summed E-state index contributed by atoms with van der Waals surface area (Å²) in [5.41, 5.74) is 1.36. The lowest BCUT2D eigenvalue weighted by Gasteiger charge is -2.20. The van der Waals surface area contributed by atoms with Gasteiger partial charge in [0.25, 0.3) is 0 Å². The van der Waals surface area contributed by atoms with E-state index in [2.05, 4.69) is 35.9 Å². The van der Waals surface area contributed by atoms with Crippen LogP contribution in [0.4, 0.5) is 0 Å². The van der Waals surface area contributed by atoms with Crippen molar-refractivity contribution in [2.75, 3.05) is 11.9 Å². The van der Waals surface area contributed by atoms with Gasteiger partial charge in [-0.15, -0.1) is 0 Å². The Morgan fingerprint density at radius 3 is 2.53 bits per heavy atom. The highest BCUT2D eigenvalue weighted by molar-refractivity contribution is 9.09. The Bertz CT molecular complexity index is 176. The maximum Gasteiger partial charge on any atom is 0.155 e. The van der Waals surface area contributed by atoms with Crippen LogP contribution in [0.3, 0.4) is 0 Å². The summed E-state index contributed by atoms with van der Waals surface area (Å²) in [6.07, 6.45) is 4.47. The van der Waals surface area contributed by atoms with Crippen LogP contribution in [0.15, 0.2) is 11.6 Å². The van der Waals surface area contributed by atoms with Crippen LogP contribution in [0.1, 0.15) is 40.5 Å². The van der Waals surface area contributed by atoms with Crippen molar-refractivity contribution in [3.63, 3.8) is 0 Å². The number of allylic oxidation sites excluding steroid dienone is 2. The fraction of sp³-hybridized carbons (Fsp3) is 0.833. The highest BCUT2D eigenvalue weighted by Crippen LogP contribution is 2.11. The van der Waals surface area contributed by atoms with Crippen molar-refractivity contribution in [1.82, 2.24) is 0 Å². The standard InChI is InChI=1S/C12H23BrO2/c1-5-14-11(4)15-12(9-13)8-6-7-10(2)3/h7,11-12H,5-6,8-9H2,1-4H3. The SMILES string of the molecule is CCOC(C)OC(CBr)CCC=C(C)C. The second-order valence-corrected chi connectivity index (χ2v) is 4.44. The molecule has 90 valence electrons. The molecule has 0 saturated carbocycles. The fourth-order valence-corrected chi connectivity index (χ4v) is 1.76. The summed E-state index contributed by atoms with van der Waals surface area (Å²) in [5.74, 6) is 0. The second-order valence-electron chi connectivity index (χ2n) is 3.79. The van der Waals surface area contributed by atoms with Gasteiger partial charge in [-0.25, -0.2) is 0 Å². The van der Waals surface area contributed by atoms with E-state index < -0.39 is 0 Å². The zero-order valence-corrected chi connectivity index (χ0v) is 11.8. The summed E-state index contributed by atoms with van der Waals surface area (Å²) < 4.78 is 11.1. The lowest BCUT2D eigenvalue weighted by Crippen LogP contribution is -2.23. The molecule has 0 aliphatic rings. The normalized spacial score (nSPS) is 14.7. The number of ether oxygens (including phenoxy) is 2. The van der Waals surface area contributed by atoms with E-state index >= 15 is 0 Å². The molecular weight excluding hydrogens is 256 g/mol. The van der Waals surface area contributed by atoms with Crippen molar-refractivity contribution in [2.45, 2.75) is 52.9 Å². The Morgan fingerprint density at radius 1 is 1.40 bits per heavy atom. The van der Waals surface area contributed by atoms with E-state index in [9.17, 15) is 0 Å². The highest BCUT2D eigenvalue weighted by atomic mass is 79.9. The first-order valence-electron chi connectivity index (χ1n) is 5.56. The average Bonchev–Trinajstić information content (AvgIpc) is 2.16. The van der Waals surface area contributed by atoms with Crippen molar-refractivity contribution in [3.8, 4) is 0 Å². The Kier molecular flexibility index (Phi) is 9.46. The number of hydrogen-bond acceptors (Lipinski definition) is 2. The van der Waals surface area contributed by atoms with E-state index in [1.807, 2.05) is 13.8 Å². The Hall–Kier alpha value is 0.140. The molecule has 0 aliphatic carbocycles. The molecule has 0 saturated heterocycles. The first kappa shape index (κ1) is 15.1. The van der Waals surface area contributed by atoms with Crippen LogP contribution in [0.5, 0.6) is 0 Å². The minimum Gasteiger partial charge on any atom is -0.353 e. The van der Waals surface area contributed by atoms with E-state index in [1.54, 1.807) is 0 Å². The van der Waals surface area contributed by atoms with E-state index in [0.717, 1.165) is 18.2 Å². The first-order chi connectivity index (χ1) is 7.10. The summed E-state index contributed by atoms with van der Waals surface area (Å²) >= 11 is 3.46. The van der Waals surface area contributed by atoms with Gasteiger partial charge < -0.3 is 9.47 Å². The van der Waals surface area contributed by atoms with Gasteiger partial charge in [-0.05, 0) is 40.5 Å². The predicted molar refractivity (Wildman–Crippen MR) is 68.4 cm³/mol. The molecule has 2 nitrogen and oxygen atoms in total. The van der Waals surface area contributed by atoms with Gasteiger partial charge in [0, 0.05) is 11.9 Å². The molecule has 0 fully saturated rings. The lowest BCUT2D eigenvalue weighted by atomic mass is 10.2. The van der Waals surface area contributed by atoms with E-state index in [0.29, 0.717) is 6.61 Å². The summed E-state index contributed by atoms with van der Waals surface area (Å²) in [4.78, 5) is 0. The monoisotopic (exact) mass is 278 g/mol. The molecule has 0 aromatic carbocycles. The van der Waals surface area contributed by atoms with Gasteiger partial charge in [-0.1, -0.05) is 27.6 Å².